The molecule has 26 heavy (non-hydrogen) atoms. The van der Waals surface area contributed by atoms with Crippen LogP contribution in [0, 0.1) is 6.92 Å². The Labute approximate surface area is 158 Å². The summed E-state index contributed by atoms with van der Waals surface area (Å²) in [4.78, 5) is 23.8. The van der Waals surface area contributed by atoms with Crippen LogP contribution in [-0.2, 0) is 4.79 Å². The molecular weight excluding hydrogens is 404 g/mol. The van der Waals surface area contributed by atoms with Gasteiger partial charge < -0.3 is 19.5 Å². The summed E-state index contributed by atoms with van der Waals surface area (Å²) < 4.78 is 17.0. The van der Waals surface area contributed by atoms with E-state index in [1.54, 1.807) is 24.3 Å². The van der Waals surface area contributed by atoms with Gasteiger partial charge in [0.15, 0.2) is 18.1 Å². The summed E-state index contributed by atoms with van der Waals surface area (Å²) in [5.41, 5.74) is 1.55. The van der Waals surface area contributed by atoms with Crippen LogP contribution >= 0.6 is 15.9 Å². The van der Waals surface area contributed by atoms with Crippen molar-refractivity contribution in [2.75, 3.05) is 25.1 Å². The molecule has 8 heteroatoms. The maximum absolute atomic E-state index is 11.9. The number of urea groups is 1. The third kappa shape index (κ3) is 4.66. The van der Waals surface area contributed by atoms with Gasteiger partial charge in [0.2, 0.25) is 0 Å². The van der Waals surface area contributed by atoms with Crippen LogP contribution in [0.5, 0.6) is 17.2 Å². The maximum Gasteiger partial charge on any atom is 0.325 e. The molecule has 7 nitrogen and oxygen atoms in total. The number of hydrogen-bond acceptors (Lipinski definition) is 5. The van der Waals surface area contributed by atoms with Crippen LogP contribution in [0.1, 0.15) is 5.56 Å². The number of carbonyl (C=O) groups excluding carboxylic acids is 2. The van der Waals surface area contributed by atoms with Gasteiger partial charge >= 0.3 is 6.03 Å². The molecule has 136 valence electrons. The number of aryl methyl sites for hydroxylation is 1. The predicted octanol–water partition coefficient (Wildman–Crippen LogP) is 3.26. The fourth-order valence-electron chi connectivity index (χ4n) is 2.31. The van der Waals surface area contributed by atoms with Gasteiger partial charge in [0.1, 0.15) is 19.0 Å². The van der Waals surface area contributed by atoms with E-state index in [0.717, 1.165) is 10.0 Å². The highest BCUT2D eigenvalue weighted by atomic mass is 79.9. The zero-order valence-corrected chi connectivity index (χ0v) is 15.6. The van der Waals surface area contributed by atoms with E-state index in [4.69, 9.17) is 14.2 Å². The van der Waals surface area contributed by atoms with Crippen LogP contribution in [0.15, 0.2) is 40.9 Å². The molecule has 1 heterocycles. The van der Waals surface area contributed by atoms with Gasteiger partial charge in [-0.25, -0.2) is 4.79 Å². The molecule has 2 aromatic rings. The van der Waals surface area contributed by atoms with Crippen LogP contribution in [0.4, 0.5) is 10.5 Å². The second-order valence-electron chi connectivity index (χ2n) is 5.58. The van der Waals surface area contributed by atoms with E-state index in [1.165, 1.54) is 0 Å². The first-order valence-electron chi connectivity index (χ1n) is 7.91. The first-order valence-corrected chi connectivity index (χ1v) is 8.70. The van der Waals surface area contributed by atoms with Crippen LogP contribution < -0.4 is 24.8 Å². The van der Waals surface area contributed by atoms with Gasteiger partial charge in [-0.3, -0.25) is 10.1 Å². The molecule has 0 bridgehead atoms. The van der Waals surface area contributed by atoms with E-state index in [2.05, 4.69) is 26.6 Å². The summed E-state index contributed by atoms with van der Waals surface area (Å²) in [6, 6.07) is 9.84. The number of hydrogen-bond donors (Lipinski definition) is 2. The topological polar surface area (TPSA) is 85.9 Å². The Balaban J connectivity index is 1.50. The molecule has 0 atom stereocenters. The van der Waals surface area contributed by atoms with E-state index in [9.17, 15) is 9.59 Å². The molecule has 1 aliphatic heterocycles. The second-order valence-corrected chi connectivity index (χ2v) is 6.44. The number of carbonyl (C=O) groups is 2. The lowest BCUT2D eigenvalue weighted by atomic mass is 10.2. The standard InChI is InChI=1S/C18H17BrN2O5/c1-11-2-4-14(13(19)8-11)26-10-17(22)21-18(23)20-12-3-5-15-16(9-12)25-7-6-24-15/h2-5,8-9H,6-7,10H2,1H3,(H2,20,21,22,23). The summed E-state index contributed by atoms with van der Waals surface area (Å²) in [6.07, 6.45) is 0. The summed E-state index contributed by atoms with van der Waals surface area (Å²) >= 11 is 3.36. The van der Waals surface area contributed by atoms with Crippen molar-refractivity contribution in [3.63, 3.8) is 0 Å². The Morgan fingerprint density at radius 1 is 1.12 bits per heavy atom. The lowest BCUT2D eigenvalue weighted by molar-refractivity contribution is -0.121. The first-order chi connectivity index (χ1) is 12.5. The largest absolute Gasteiger partial charge is 0.486 e. The molecule has 0 radical (unpaired) electrons. The van der Waals surface area contributed by atoms with Gasteiger partial charge in [-0.15, -0.1) is 0 Å². The lowest BCUT2D eigenvalue weighted by Crippen LogP contribution is -2.37. The third-order valence-electron chi connectivity index (χ3n) is 3.50. The molecule has 0 aromatic heterocycles. The molecule has 0 saturated heterocycles. The normalized spacial score (nSPS) is 12.2. The van der Waals surface area contributed by atoms with Crippen molar-refractivity contribution >= 4 is 33.6 Å². The summed E-state index contributed by atoms with van der Waals surface area (Å²) in [7, 11) is 0. The predicted molar refractivity (Wildman–Crippen MR) is 99.0 cm³/mol. The molecular formula is C18H17BrN2O5. The number of imide groups is 1. The molecule has 0 saturated carbocycles. The minimum atomic E-state index is -0.654. The highest BCUT2D eigenvalue weighted by Gasteiger charge is 2.14. The average molecular weight is 421 g/mol. The minimum Gasteiger partial charge on any atom is -0.486 e. The maximum atomic E-state index is 11.9. The van der Waals surface area contributed by atoms with E-state index in [-0.39, 0.29) is 6.61 Å². The number of fused-ring (bicyclic) bond motifs is 1. The number of rotatable bonds is 4. The van der Waals surface area contributed by atoms with Gasteiger partial charge in [0.25, 0.3) is 5.91 Å². The van der Waals surface area contributed by atoms with Crippen LogP contribution in [0.25, 0.3) is 0 Å². The number of ether oxygens (including phenoxy) is 3. The lowest BCUT2D eigenvalue weighted by Gasteiger charge is -2.19. The molecule has 0 aliphatic carbocycles. The Morgan fingerprint density at radius 2 is 1.88 bits per heavy atom. The number of nitrogens with one attached hydrogen (secondary N) is 2. The highest BCUT2D eigenvalue weighted by molar-refractivity contribution is 9.10. The monoisotopic (exact) mass is 420 g/mol. The SMILES string of the molecule is Cc1ccc(OCC(=O)NC(=O)Nc2ccc3c(c2)OCCO3)c(Br)c1. The molecule has 3 rings (SSSR count). The molecule has 3 amide bonds. The minimum absolute atomic E-state index is 0.282. The van der Waals surface area contributed by atoms with Crippen LogP contribution in [0.3, 0.4) is 0 Å². The zero-order valence-electron chi connectivity index (χ0n) is 14.0. The van der Waals surface area contributed by atoms with Gasteiger partial charge in [-0.05, 0) is 52.7 Å². The van der Waals surface area contributed by atoms with E-state index in [0.29, 0.717) is 36.1 Å². The summed E-state index contributed by atoms with van der Waals surface area (Å²) in [5, 5.41) is 4.78. The highest BCUT2D eigenvalue weighted by Crippen LogP contribution is 2.32. The van der Waals surface area contributed by atoms with Crippen molar-refractivity contribution in [1.29, 1.82) is 0 Å². The van der Waals surface area contributed by atoms with Gasteiger partial charge in [0, 0.05) is 11.8 Å². The van der Waals surface area contributed by atoms with Gasteiger partial charge in [0.05, 0.1) is 4.47 Å². The van der Waals surface area contributed by atoms with Gasteiger partial charge in [-0.2, -0.15) is 0 Å². The Bertz CT molecular complexity index is 840. The fraction of sp³-hybridized carbons (Fsp3) is 0.222. The second kappa shape index (κ2) is 8.09. The van der Waals surface area contributed by atoms with Crippen LogP contribution in [-0.4, -0.2) is 31.8 Å². The third-order valence-corrected chi connectivity index (χ3v) is 4.12. The van der Waals surface area contributed by atoms with Crippen molar-refractivity contribution in [3.8, 4) is 17.2 Å². The number of halogens is 1. The molecule has 1 aliphatic rings. The Morgan fingerprint density at radius 3 is 2.65 bits per heavy atom. The van der Waals surface area contributed by atoms with E-state index in [1.807, 2.05) is 19.1 Å². The molecule has 2 N–H and O–H groups in total. The van der Waals surface area contributed by atoms with E-state index >= 15 is 0 Å². The molecule has 0 spiro atoms. The van der Waals surface area contributed by atoms with E-state index < -0.39 is 11.9 Å². The van der Waals surface area contributed by atoms with Crippen molar-refractivity contribution in [2.45, 2.75) is 6.92 Å². The Hall–Kier alpha value is -2.74. The molecule has 0 fully saturated rings. The number of benzene rings is 2. The fourth-order valence-corrected chi connectivity index (χ4v) is 2.92. The first kappa shape index (κ1) is 18.1. The molecule has 0 unspecified atom stereocenters. The average Bonchev–Trinajstić information content (AvgIpc) is 2.60. The zero-order chi connectivity index (χ0) is 18.5. The van der Waals surface area contributed by atoms with Gasteiger partial charge in [-0.1, -0.05) is 6.07 Å². The number of amides is 3. The summed E-state index contributed by atoms with van der Waals surface area (Å²) in [5.74, 6) is 1.13. The van der Waals surface area contributed by atoms with Crippen molar-refractivity contribution in [3.05, 3.63) is 46.4 Å². The smallest absolute Gasteiger partial charge is 0.325 e. The quantitative estimate of drug-likeness (QED) is 0.792. The summed E-state index contributed by atoms with van der Waals surface area (Å²) in [6.45, 7) is 2.61. The van der Waals surface area contributed by atoms with Crippen molar-refractivity contribution < 1.29 is 23.8 Å². The van der Waals surface area contributed by atoms with Crippen molar-refractivity contribution in [2.24, 2.45) is 0 Å². The molecule has 2 aromatic carbocycles. The Kier molecular flexibility index (Phi) is 5.62. The van der Waals surface area contributed by atoms with Crippen molar-refractivity contribution in [1.82, 2.24) is 5.32 Å². The number of anilines is 1. The van der Waals surface area contributed by atoms with Crippen LogP contribution in [0.2, 0.25) is 0 Å².